The van der Waals surface area contributed by atoms with Crippen molar-refractivity contribution in [2.75, 3.05) is 19.4 Å². The van der Waals surface area contributed by atoms with Crippen LogP contribution in [0.15, 0.2) is 65.7 Å². The first-order chi connectivity index (χ1) is 16.0. The lowest BCUT2D eigenvalue weighted by atomic mass is 9.99. The number of hydrogen-bond donors (Lipinski definition) is 3. The van der Waals surface area contributed by atoms with Crippen LogP contribution in [0.3, 0.4) is 0 Å². The van der Waals surface area contributed by atoms with Crippen LogP contribution in [0.2, 0.25) is 0 Å². The van der Waals surface area contributed by atoms with Gasteiger partial charge < -0.3 is 20.6 Å². The minimum absolute atomic E-state index is 0.107. The number of anilines is 1. The van der Waals surface area contributed by atoms with Gasteiger partial charge in [-0.1, -0.05) is 18.2 Å². The molecule has 1 aliphatic heterocycles. The zero-order valence-corrected chi connectivity index (χ0v) is 18.9. The molecule has 3 aromatic carbocycles. The lowest BCUT2D eigenvalue weighted by Crippen LogP contribution is -2.30. The van der Waals surface area contributed by atoms with E-state index in [1.165, 1.54) is 16.7 Å². The molecule has 33 heavy (non-hydrogen) atoms. The van der Waals surface area contributed by atoms with Crippen LogP contribution in [-0.2, 0) is 19.5 Å². The molecule has 0 fully saturated rings. The number of rotatable bonds is 5. The third-order valence-corrected chi connectivity index (χ3v) is 6.31. The van der Waals surface area contributed by atoms with Crippen LogP contribution >= 0.6 is 0 Å². The molecule has 0 aliphatic carbocycles. The molecule has 4 aromatic rings. The van der Waals surface area contributed by atoms with Crippen LogP contribution < -0.4 is 10.5 Å². The number of nitrogens with zero attached hydrogens (tertiary/aromatic N) is 2. The fourth-order valence-corrected chi connectivity index (χ4v) is 4.60. The van der Waals surface area contributed by atoms with Crippen molar-refractivity contribution in [2.45, 2.75) is 26.4 Å². The van der Waals surface area contributed by atoms with E-state index in [-0.39, 0.29) is 5.88 Å². The summed E-state index contributed by atoms with van der Waals surface area (Å²) in [5.41, 5.74) is 13.7. The number of nitrogens with one attached hydrogen (secondary N) is 1. The molecule has 0 bridgehead atoms. The summed E-state index contributed by atoms with van der Waals surface area (Å²) in [6.07, 6.45) is 1.06. The van der Waals surface area contributed by atoms with Crippen molar-refractivity contribution in [3.63, 3.8) is 0 Å². The first-order valence-corrected chi connectivity index (χ1v) is 11.1. The molecule has 2 heterocycles. The number of aromatic hydroxyl groups is 1. The van der Waals surface area contributed by atoms with Gasteiger partial charge in [0.05, 0.1) is 24.1 Å². The van der Waals surface area contributed by atoms with Gasteiger partial charge in [0.2, 0.25) is 0 Å². The van der Waals surface area contributed by atoms with Crippen LogP contribution in [0, 0.1) is 0 Å². The zero-order valence-electron chi connectivity index (χ0n) is 18.9. The largest absolute Gasteiger partial charge is 0.497 e. The molecule has 0 spiro atoms. The number of aliphatic imine (C=N–C) groups is 1. The van der Waals surface area contributed by atoms with Gasteiger partial charge in [0, 0.05) is 36.2 Å². The first-order valence-electron chi connectivity index (χ1n) is 11.1. The van der Waals surface area contributed by atoms with Gasteiger partial charge in [-0.3, -0.25) is 9.89 Å². The van der Waals surface area contributed by atoms with Gasteiger partial charge in [-0.05, 0) is 72.5 Å². The van der Waals surface area contributed by atoms with E-state index < -0.39 is 0 Å². The lowest BCUT2D eigenvalue weighted by Gasteiger charge is -2.29. The quantitative estimate of drug-likeness (QED) is 0.295. The van der Waals surface area contributed by atoms with Crippen molar-refractivity contribution >= 4 is 28.0 Å². The number of benzene rings is 3. The van der Waals surface area contributed by atoms with Gasteiger partial charge >= 0.3 is 0 Å². The number of fused-ring (bicyclic) bond motifs is 2. The number of H-pyrrole nitrogens is 1. The number of hydrogen-bond acceptors (Lipinski definition) is 5. The van der Waals surface area contributed by atoms with E-state index in [2.05, 4.69) is 34.1 Å². The van der Waals surface area contributed by atoms with E-state index in [1.54, 1.807) is 7.11 Å². The van der Waals surface area contributed by atoms with Crippen LogP contribution in [0.5, 0.6) is 11.6 Å². The van der Waals surface area contributed by atoms with Gasteiger partial charge in [0.25, 0.3) is 0 Å². The molecular formula is C27H28N4O2. The monoisotopic (exact) mass is 440 g/mol. The summed E-state index contributed by atoms with van der Waals surface area (Å²) < 4.78 is 5.39. The highest BCUT2D eigenvalue weighted by Gasteiger charge is 2.17. The Bertz CT molecular complexity index is 1340. The third-order valence-electron chi connectivity index (χ3n) is 6.31. The molecule has 0 radical (unpaired) electrons. The topological polar surface area (TPSA) is 86.9 Å². The second kappa shape index (κ2) is 8.64. The van der Waals surface area contributed by atoms with Gasteiger partial charge in [-0.25, -0.2) is 0 Å². The minimum atomic E-state index is 0.107. The molecule has 0 saturated carbocycles. The molecule has 0 amide bonds. The highest BCUT2D eigenvalue weighted by atomic mass is 16.5. The molecule has 1 aromatic heterocycles. The van der Waals surface area contributed by atoms with Crippen LogP contribution in [0.25, 0.3) is 10.9 Å². The number of methoxy groups -OCH3 is 1. The highest BCUT2D eigenvalue weighted by molar-refractivity contribution is 6.13. The number of nitrogens with two attached hydrogens (primary N) is 1. The number of aromatic nitrogens is 1. The molecular weight excluding hydrogens is 412 g/mol. The maximum Gasteiger partial charge on any atom is 0.198 e. The molecule has 4 N–H and O–H groups in total. The Morgan fingerprint density at radius 2 is 1.91 bits per heavy atom. The van der Waals surface area contributed by atoms with Crippen molar-refractivity contribution in [3.8, 4) is 11.6 Å². The summed E-state index contributed by atoms with van der Waals surface area (Å²) in [6, 6.07) is 20.2. The zero-order chi connectivity index (χ0) is 22.9. The summed E-state index contributed by atoms with van der Waals surface area (Å²) in [6.45, 7) is 4.76. The van der Waals surface area contributed by atoms with Crippen LogP contribution in [0.4, 0.5) is 11.4 Å². The Hall–Kier alpha value is -3.77. The van der Waals surface area contributed by atoms with Gasteiger partial charge in [0.15, 0.2) is 5.88 Å². The molecule has 168 valence electrons. The SMILES string of the molecule is COc1ccc2c(c1)CN(Cc1ccc(N=C(C)c3c(O)[nH]c4ccc(N)cc34)cc1)CC2. The van der Waals surface area contributed by atoms with E-state index in [0.717, 1.165) is 54.1 Å². The molecule has 1 aliphatic rings. The van der Waals surface area contributed by atoms with Gasteiger partial charge in [-0.15, -0.1) is 0 Å². The van der Waals surface area contributed by atoms with Crippen molar-refractivity contribution in [3.05, 3.63) is 82.9 Å². The summed E-state index contributed by atoms with van der Waals surface area (Å²) in [5, 5.41) is 11.3. The van der Waals surface area contributed by atoms with E-state index in [0.29, 0.717) is 11.3 Å². The Labute approximate surface area is 193 Å². The number of aromatic amines is 1. The molecule has 0 saturated heterocycles. The maximum atomic E-state index is 10.4. The van der Waals surface area contributed by atoms with E-state index in [1.807, 2.05) is 43.3 Å². The fourth-order valence-electron chi connectivity index (χ4n) is 4.60. The molecule has 0 atom stereocenters. The second-order valence-electron chi connectivity index (χ2n) is 8.61. The first kappa shape index (κ1) is 21.1. The number of nitrogen functional groups attached to an aromatic ring is 1. The van der Waals surface area contributed by atoms with Crippen molar-refractivity contribution in [1.82, 2.24) is 9.88 Å². The Balaban J connectivity index is 1.31. The highest BCUT2D eigenvalue weighted by Crippen LogP contribution is 2.31. The van der Waals surface area contributed by atoms with E-state index in [4.69, 9.17) is 15.5 Å². The predicted octanol–water partition coefficient (Wildman–Crippen LogP) is 5.16. The van der Waals surface area contributed by atoms with Crippen molar-refractivity contribution in [2.24, 2.45) is 4.99 Å². The fraction of sp³-hybridized carbons (Fsp3) is 0.222. The van der Waals surface area contributed by atoms with Crippen molar-refractivity contribution < 1.29 is 9.84 Å². The standard InChI is InChI=1S/C27H28N4O2/c1-17(26-24-14-21(28)6-10-25(24)30-27(26)32)29-22-7-3-18(4-8-22)15-31-12-11-19-5-9-23(33-2)13-20(19)16-31/h3-10,13-14,30,32H,11-12,15-16,28H2,1-2H3. The maximum absolute atomic E-state index is 10.4. The molecule has 6 heteroatoms. The van der Waals surface area contributed by atoms with Gasteiger partial charge in [0.1, 0.15) is 5.75 Å². The average Bonchev–Trinajstić information content (AvgIpc) is 3.14. The van der Waals surface area contributed by atoms with Crippen LogP contribution in [0.1, 0.15) is 29.2 Å². The summed E-state index contributed by atoms with van der Waals surface area (Å²) in [7, 11) is 1.71. The lowest BCUT2D eigenvalue weighted by molar-refractivity contribution is 0.245. The Morgan fingerprint density at radius 3 is 2.70 bits per heavy atom. The van der Waals surface area contributed by atoms with Crippen molar-refractivity contribution in [1.29, 1.82) is 0 Å². The normalized spacial score (nSPS) is 14.4. The van der Waals surface area contributed by atoms with E-state index in [9.17, 15) is 5.11 Å². The van der Waals surface area contributed by atoms with Crippen LogP contribution in [-0.4, -0.2) is 34.4 Å². The Kier molecular flexibility index (Phi) is 5.52. The number of ether oxygens (including phenoxy) is 1. The summed E-state index contributed by atoms with van der Waals surface area (Å²) in [5.74, 6) is 1.02. The molecule has 0 unspecified atom stereocenters. The smallest absolute Gasteiger partial charge is 0.198 e. The predicted molar refractivity (Wildman–Crippen MR) is 134 cm³/mol. The molecule has 6 nitrogen and oxygen atoms in total. The van der Waals surface area contributed by atoms with E-state index >= 15 is 0 Å². The second-order valence-corrected chi connectivity index (χ2v) is 8.61. The van der Waals surface area contributed by atoms with Gasteiger partial charge in [-0.2, -0.15) is 0 Å². The minimum Gasteiger partial charge on any atom is -0.497 e. The molecule has 5 rings (SSSR count). The third kappa shape index (κ3) is 4.30. The average molecular weight is 441 g/mol. The summed E-state index contributed by atoms with van der Waals surface area (Å²) >= 11 is 0. The Morgan fingerprint density at radius 1 is 1.09 bits per heavy atom. The summed E-state index contributed by atoms with van der Waals surface area (Å²) in [4.78, 5) is 10.2.